The van der Waals surface area contributed by atoms with Crippen molar-refractivity contribution in [2.24, 2.45) is 7.05 Å². The highest BCUT2D eigenvalue weighted by molar-refractivity contribution is 5.92. The van der Waals surface area contributed by atoms with Gasteiger partial charge in [0.25, 0.3) is 5.91 Å². The molecule has 0 bridgehead atoms. The van der Waals surface area contributed by atoms with Crippen LogP contribution in [0.1, 0.15) is 23.3 Å². The number of carbonyl (C=O) groups excluding carboxylic acids is 1. The predicted molar refractivity (Wildman–Crippen MR) is 88.9 cm³/mol. The molecule has 0 unspecified atom stereocenters. The van der Waals surface area contributed by atoms with Gasteiger partial charge >= 0.3 is 0 Å². The predicted octanol–water partition coefficient (Wildman–Crippen LogP) is 1.98. The van der Waals surface area contributed by atoms with E-state index in [1.807, 2.05) is 35.4 Å². The Bertz CT molecular complexity index is 861. The molecule has 2 aromatic heterocycles. The van der Waals surface area contributed by atoms with Crippen LogP contribution >= 0.6 is 0 Å². The van der Waals surface area contributed by atoms with Crippen molar-refractivity contribution >= 4 is 16.8 Å². The van der Waals surface area contributed by atoms with Crippen LogP contribution in [0.5, 0.6) is 5.75 Å². The number of hydrogen-bond donors (Lipinski definition) is 1. The zero-order valence-electron chi connectivity index (χ0n) is 13.5. The van der Waals surface area contributed by atoms with Crippen LogP contribution in [0.2, 0.25) is 0 Å². The average molecular weight is 325 g/mol. The Morgan fingerprint density at radius 2 is 2.12 bits per heavy atom. The average Bonchev–Trinajstić information content (AvgIpc) is 3.24. The van der Waals surface area contributed by atoms with Gasteiger partial charge < -0.3 is 14.6 Å². The second-order valence-electron chi connectivity index (χ2n) is 6.08. The summed E-state index contributed by atoms with van der Waals surface area (Å²) in [4.78, 5) is 17.4. The minimum atomic E-state index is -0.0608. The number of amides is 1. The fourth-order valence-corrected chi connectivity index (χ4v) is 3.12. The quantitative estimate of drug-likeness (QED) is 0.799. The van der Waals surface area contributed by atoms with Crippen LogP contribution < -0.4 is 4.74 Å². The molecule has 7 nitrogen and oxygen atoms in total. The summed E-state index contributed by atoms with van der Waals surface area (Å²) in [6.07, 6.45) is 5.31. The molecule has 3 heterocycles. The van der Waals surface area contributed by atoms with E-state index in [9.17, 15) is 4.79 Å². The number of rotatable bonds is 3. The van der Waals surface area contributed by atoms with Crippen LogP contribution in [0.15, 0.2) is 36.7 Å². The van der Waals surface area contributed by atoms with Gasteiger partial charge in [0.1, 0.15) is 11.9 Å². The Morgan fingerprint density at radius 1 is 1.29 bits per heavy atom. The maximum Gasteiger partial charge on any atom is 0.276 e. The molecule has 0 atom stereocenters. The van der Waals surface area contributed by atoms with Crippen LogP contribution in [0.25, 0.3) is 10.9 Å². The molecule has 0 aliphatic carbocycles. The maximum absolute atomic E-state index is 12.4. The lowest BCUT2D eigenvalue weighted by Crippen LogP contribution is -2.42. The Balaban J connectivity index is 1.39. The topological polar surface area (TPSA) is 76.0 Å². The third-order valence-corrected chi connectivity index (χ3v) is 4.40. The number of nitrogens with one attached hydrogen (secondary N) is 1. The molecule has 0 spiro atoms. The smallest absolute Gasteiger partial charge is 0.276 e. The van der Waals surface area contributed by atoms with E-state index >= 15 is 0 Å². The molecule has 1 fully saturated rings. The van der Waals surface area contributed by atoms with Crippen molar-refractivity contribution in [1.82, 2.24) is 24.9 Å². The molecule has 1 saturated heterocycles. The van der Waals surface area contributed by atoms with Crippen LogP contribution in [0.4, 0.5) is 0 Å². The first kappa shape index (κ1) is 14.7. The second-order valence-corrected chi connectivity index (χ2v) is 6.08. The van der Waals surface area contributed by atoms with Crippen molar-refractivity contribution < 1.29 is 9.53 Å². The molecule has 4 rings (SSSR count). The highest BCUT2D eigenvalue weighted by Crippen LogP contribution is 2.27. The Labute approximate surface area is 139 Å². The number of hydrogen-bond acceptors (Lipinski definition) is 4. The van der Waals surface area contributed by atoms with E-state index in [0.29, 0.717) is 18.8 Å². The first-order chi connectivity index (χ1) is 11.7. The molecular weight excluding hydrogens is 306 g/mol. The minimum Gasteiger partial charge on any atom is -0.490 e. The number of carbonyl (C=O) groups is 1. The van der Waals surface area contributed by atoms with E-state index in [-0.39, 0.29) is 12.0 Å². The number of fused-ring (bicyclic) bond motifs is 1. The first-order valence-electron chi connectivity index (χ1n) is 8.09. The molecule has 0 radical (unpaired) electrons. The molecular formula is C17H19N5O2. The molecule has 3 aromatic rings. The van der Waals surface area contributed by atoms with Gasteiger partial charge in [0.2, 0.25) is 0 Å². The summed E-state index contributed by atoms with van der Waals surface area (Å²) in [7, 11) is 1.76. The van der Waals surface area contributed by atoms with Gasteiger partial charge in [-0.05, 0) is 18.2 Å². The number of aryl methyl sites for hydroxylation is 1. The van der Waals surface area contributed by atoms with Gasteiger partial charge in [0, 0.05) is 50.1 Å². The van der Waals surface area contributed by atoms with E-state index < -0.39 is 0 Å². The van der Waals surface area contributed by atoms with E-state index in [1.54, 1.807) is 17.9 Å². The number of likely N-dealkylation sites (tertiary alicyclic amines) is 1. The molecule has 0 saturated carbocycles. The molecule has 124 valence electrons. The lowest BCUT2D eigenvalue weighted by molar-refractivity contribution is 0.0592. The summed E-state index contributed by atoms with van der Waals surface area (Å²) >= 11 is 0. The van der Waals surface area contributed by atoms with E-state index in [4.69, 9.17) is 4.74 Å². The van der Waals surface area contributed by atoms with Crippen molar-refractivity contribution in [2.45, 2.75) is 18.9 Å². The second kappa shape index (κ2) is 5.99. The molecule has 7 heteroatoms. The number of aromatic nitrogens is 4. The monoisotopic (exact) mass is 325 g/mol. The van der Waals surface area contributed by atoms with Crippen LogP contribution in [0, 0.1) is 0 Å². The zero-order chi connectivity index (χ0) is 16.5. The van der Waals surface area contributed by atoms with Crippen molar-refractivity contribution in [3.63, 3.8) is 0 Å². The van der Waals surface area contributed by atoms with E-state index in [2.05, 4.69) is 15.3 Å². The molecule has 1 aliphatic rings. The fraction of sp³-hybridized carbons (Fsp3) is 0.353. The molecule has 1 aromatic carbocycles. The summed E-state index contributed by atoms with van der Waals surface area (Å²) < 4.78 is 7.72. The van der Waals surface area contributed by atoms with Gasteiger partial charge in [0.05, 0.1) is 6.20 Å². The Hall–Kier alpha value is -2.83. The summed E-state index contributed by atoms with van der Waals surface area (Å²) in [5.41, 5.74) is 1.47. The lowest BCUT2D eigenvalue weighted by atomic mass is 10.1. The third kappa shape index (κ3) is 2.73. The van der Waals surface area contributed by atoms with E-state index in [0.717, 1.165) is 29.5 Å². The lowest BCUT2D eigenvalue weighted by Gasteiger charge is -2.31. The Morgan fingerprint density at radius 3 is 2.88 bits per heavy atom. The largest absolute Gasteiger partial charge is 0.490 e. The van der Waals surface area contributed by atoms with Crippen LogP contribution in [0.3, 0.4) is 0 Å². The SMILES string of the molecule is Cn1cc(C(=O)N2CCC(Oc3cccc4[nH]ccc34)CC2)nn1. The summed E-state index contributed by atoms with van der Waals surface area (Å²) in [5, 5.41) is 8.80. The standard InChI is InChI=1S/C17H19N5O2/c1-21-11-15(19-20-21)17(23)22-9-6-12(7-10-22)24-16-4-2-3-14-13(16)5-8-18-14/h2-5,8,11-12,18H,6-7,9-10H2,1H3. The summed E-state index contributed by atoms with van der Waals surface area (Å²) in [5.74, 6) is 0.835. The number of piperidine rings is 1. The van der Waals surface area contributed by atoms with Crippen molar-refractivity contribution in [3.05, 3.63) is 42.4 Å². The van der Waals surface area contributed by atoms with Gasteiger partial charge in [-0.1, -0.05) is 11.3 Å². The number of aromatic amines is 1. The summed E-state index contributed by atoms with van der Waals surface area (Å²) in [6, 6.07) is 8.04. The number of nitrogens with zero attached hydrogens (tertiary/aromatic N) is 4. The molecule has 1 amide bonds. The third-order valence-electron chi connectivity index (χ3n) is 4.40. The minimum absolute atomic E-state index is 0.0608. The molecule has 24 heavy (non-hydrogen) atoms. The van der Waals surface area contributed by atoms with Gasteiger partial charge in [-0.25, -0.2) is 0 Å². The number of H-pyrrole nitrogens is 1. The van der Waals surface area contributed by atoms with Crippen molar-refractivity contribution in [1.29, 1.82) is 0 Å². The number of ether oxygens (including phenoxy) is 1. The van der Waals surface area contributed by atoms with Crippen molar-refractivity contribution in [3.8, 4) is 5.75 Å². The Kier molecular flexibility index (Phi) is 3.68. The fourth-order valence-electron chi connectivity index (χ4n) is 3.12. The number of benzene rings is 1. The highest BCUT2D eigenvalue weighted by Gasteiger charge is 2.26. The van der Waals surface area contributed by atoms with Gasteiger partial charge in [-0.15, -0.1) is 5.10 Å². The molecule has 1 aliphatic heterocycles. The normalized spacial score (nSPS) is 15.8. The van der Waals surface area contributed by atoms with E-state index in [1.165, 1.54) is 0 Å². The van der Waals surface area contributed by atoms with Gasteiger partial charge in [-0.3, -0.25) is 9.48 Å². The van der Waals surface area contributed by atoms with Crippen LogP contribution in [-0.2, 0) is 7.05 Å². The molecule has 1 N–H and O–H groups in total. The van der Waals surface area contributed by atoms with Crippen LogP contribution in [-0.4, -0.2) is 50.0 Å². The van der Waals surface area contributed by atoms with Gasteiger partial charge in [-0.2, -0.15) is 0 Å². The summed E-state index contributed by atoms with van der Waals surface area (Å²) in [6.45, 7) is 1.34. The maximum atomic E-state index is 12.4. The zero-order valence-corrected chi connectivity index (χ0v) is 13.5. The first-order valence-corrected chi connectivity index (χ1v) is 8.09. The highest BCUT2D eigenvalue weighted by atomic mass is 16.5. The van der Waals surface area contributed by atoms with Gasteiger partial charge in [0.15, 0.2) is 5.69 Å². The van der Waals surface area contributed by atoms with Crippen molar-refractivity contribution in [2.75, 3.05) is 13.1 Å².